The zero-order chi connectivity index (χ0) is 12.4. The van der Waals surface area contributed by atoms with Crippen molar-refractivity contribution in [3.8, 4) is 0 Å². The van der Waals surface area contributed by atoms with Crippen LogP contribution < -0.4 is 5.32 Å². The van der Waals surface area contributed by atoms with Crippen LogP contribution in [-0.2, 0) is 0 Å². The summed E-state index contributed by atoms with van der Waals surface area (Å²) in [7, 11) is 4.08. The van der Waals surface area contributed by atoms with E-state index in [2.05, 4.69) is 10.2 Å². The molecule has 0 radical (unpaired) electrons. The quantitative estimate of drug-likeness (QED) is 0.488. The predicted molar refractivity (Wildman–Crippen MR) is 77.4 cm³/mol. The van der Waals surface area contributed by atoms with Crippen LogP contribution in [0, 0.1) is 10.1 Å². The number of hydrogen-bond acceptors (Lipinski definition) is 4. The Hall–Kier alpha value is -1.56. The van der Waals surface area contributed by atoms with Gasteiger partial charge in [-0.2, -0.15) is 0 Å². The lowest BCUT2D eigenvalue weighted by Crippen LogP contribution is -2.16. The van der Waals surface area contributed by atoms with E-state index in [9.17, 15) is 10.1 Å². The fraction of sp³-hybridized carbons (Fsp3) is 0.500. The number of anilines is 1. The van der Waals surface area contributed by atoms with Gasteiger partial charge < -0.3 is 10.2 Å². The predicted octanol–water partition coefficient (Wildman–Crippen LogP) is 0.872. The van der Waals surface area contributed by atoms with Gasteiger partial charge in [-0.1, -0.05) is 0 Å². The Morgan fingerprint density at radius 1 is 1.50 bits per heavy atom. The van der Waals surface area contributed by atoms with Gasteiger partial charge in [0.15, 0.2) is 0 Å². The van der Waals surface area contributed by atoms with Gasteiger partial charge in [0.2, 0.25) is 0 Å². The molecule has 1 aliphatic heterocycles. The molecule has 1 N–H and O–H groups in total. The zero-order valence-corrected chi connectivity index (χ0v) is 10.1. The maximum Gasteiger partial charge on any atom is 0.269 e. The molecule has 2 rings (SSSR count). The molecule has 0 aliphatic carbocycles. The lowest BCUT2D eigenvalue weighted by Gasteiger charge is -2.14. The van der Waals surface area contributed by atoms with Crippen molar-refractivity contribution >= 4 is 19.8 Å². The van der Waals surface area contributed by atoms with E-state index in [0.717, 1.165) is 30.8 Å². The van der Waals surface area contributed by atoms with Gasteiger partial charge in [0.1, 0.15) is 0 Å². The maximum atomic E-state index is 10.8. The van der Waals surface area contributed by atoms with Gasteiger partial charge in [0.25, 0.3) is 5.69 Å². The van der Waals surface area contributed by atoms with Crippen LogP contribution in [0.4, 0.5) is 11.4 Å². The maximum absolute atomic E-state index is 10.8. The summed E-state index contributed by atoms with van der Waals surface area (Å²) in [6, 6.07) is 5.07. The Morgan fingerprint density at radius 2 is 2.22 bits per heavy atom. The average molecular weight is 249 g/mol. The Balaban J connectivity index is 0.00000162. The summed E-state index contributed by atoms with van der Waals surface area (Å²) in [6.07, 6.45) is 1.02. The SMILES string of the molecule is B.CN(C)CCC1CNc2ccc([N+](=O)[O-])cc21. The summed E-state index contributed by atoms with van der Waals surface area (Å²) in [5.74, 6) is 0.382. The van der Waals surface area contributed by atoms with E-state index < -0.39 is 0 Å². The fourth-order valence-electron chi connectivity index (χ4n) is 2.18. The summed E-state index contributed by atoms with van der Waals surface area (Å²) in [4.78, 5) is 12.6. The minimum absolute atomic E-state index is 0. The highest BCUT2D eigenvalue weighted by Crippen LogP contribution is 2.35. The number of rotatable bonds is 4. The normalized spacial score (nSPS) is 16.9. The highest BCUT2D eigenvalue weighted by molar-refractivity contribution is 5.75. The molecule has 0 saturated heterocycles. The van der Waals surface area contributed by atoms with Crippen LogP contribution in [-0.4, -0.2) is 45.4 Å². The van der Waals surface area contributed by atoms with Crippen molar-refractivity contribution in [2.24, 2.45) is 0 Å². The Labute approximate surface area is 109 Å². The molecule has 1 aromatic carbocycles. The smallest absolute Gasteiger partial charge is 0.269 e. The van der Waals surface area contributed by atoms with Crippen LogP contribution in [0.15, 0.2) is 18.2 Å². The first-order valence-electron chi connectivity index (χ1n) is 5.75. The number of nitro benzene ring substituents is 1. The molecule has 0 bridgehead atoms. The zero-order valence-electron chi connectivity index (χ0n) is 10.1. The second kappa shape index (κ2) is 5.86. The first-order chi connectivity index (χ1) is 8.08. The lowest BCUT2D eigenvalue weighted by molar-refractivity contribution is -0.384. The van der Waals surface area contributed by atoms with E-state index in [0.29, 0.717) is 5.92 Å². The van der Waals surface area contributed by atoms with Crippen molar-refractivity contribution in [3.05, 3.63) is 33.9 Å². The van der Waals surface area contributed by atoms with Crippen LogP contribution in [0.25, 0.3) is 0 Å². The number of nitro groups is 1. The molecule has 1 unspecified atom stereocenters. The molecule has 1 aliphatic rings. The van der Waals surface area contributed by atoms with Crippen molar-refractivity contribution in [2.75, 3.05) is 32.5 Å². The van der Waals surface area contributed by atoms with E-state index >= 15 is 0 Å². The van der Waals surface area contributed by atoms with Gasteiger partial charge in [0, 0.05) is 30.3 Å². The summed E-state index contributed by atoms with van der Waals surface area (Å²) < 4.78 is 0. The molecular formula is C12H20BN3O2. The van der Waals surface area contributed by atoms with Crippen LogP contribution in [0.1, 0.15) is 17.9 Å². The van der Waals surface area contributed by atoms with E-state index in [-0.39, 0.29) is 19.0 Å². The molecule has 18 heavy (non-hydrogen) atoms. The van der Waals surface area contributed by atoms with Crippen molar-refractivity contribution < 1.29 is 4.92 Å². The van der Waals surface area contributed by atoms with Gasteiger partial charge in [-0.05, 0) is 38.7 Å². The molecule has 6 heteroatoms. The highest BCUT2D eigenvalue weighted by atomic mass is 16.6. The van der Waals surface area contributed by atoms with Crippen LogP contribution in [0.2, 0.25) is 0 Å². The van der Waals surface area contributed by atoms with Gasteiger partial charge in [-0.3, -0.25) is 10.1 Å². The minimum atomic E-state index is -0.332. The number of hydrogen-bond donors (Lipinski definition) is 1. The van der Waals surface area contributed by atoms with Gasteiger partial charge in [-0.25, -0.2) is 0 Å². The molecule has 0 spiro atoms. The third-order valence-corrected chi connectivity index (χ3v) is 3.15. The number of fused-ring (bicyclic) bond motifs is 1. The third-order valence-electron chi connectivity index (χ3n) is 3.15. The summed E-state index contributed by atoms with van der Waals surface area (Å²) in [5.41, 5.74) is 2.31. The standard InChI is InChI=1S/C12H17N3O2.BH3/c1-14(2)6-5-9-8-13-12-4-3-10(15(16)17)7-11(9)12;/h3-4,7,9,13H,5-6,8H2,1-2H3;1H3. The van der Waals surface area contributed by atoms with Crippen molar-refractivity contribution in [1.82, 2.24) is 4.90 Å². The molecule has 0 amide bonds. The number of nitrogens with one attached hydrogen (secondary N) is 1. The molecular weight excluding hydrogens is 229 g/mol. The number of benzene rings is 1. The van der Waals surface area contributed by atoms with Crippen LogP contribution in [0.5, 0.6) is 0 Å². The molecule has 0 fully saturated rings. The third kappa shape index (κ3) is 3.01. The monoisotopic (exact) mass is 249 g/mol. The van der Waals surface area contributed by atoms with Crippen LogP contribution >= 0.6 is 0 Å². The molecule has 0 saturated carbocycles. The molecule has 98 valence electrons. The Morgan fingerprint density at radius 3 is 2.83 bits per heavy atom. The summed E-state index contributed by atoms with van der Waals surface area (Å²) in [6.45, 7) is 1.87. The average Bonchev–Trinajstić information content (AvgIpc) is 2.68. The van der Waals surface area contributed by atoms with E-state index in [1.165, 1.54) is 0 Å². The first kappa shape index (κ1) is 14.5. The van der Waals surface area contributed by atoms with E-state index in [1.807, 2.05) is 20.2 Å². The fourth-order valence-corrected chi connectivity index (χ4v) is 2.18. The van der Waals surface area contributed by atoms with Crippen LogP contribution in [0.3, 0.4) is 0 Å². The molecule has 0 aromatic heterocycles. The number of nitrogens with zero attached hydrogens (tertiary/aromatic N) is 2. The van der Waals surface area contributed by atoms with Gasteiger partial charge in [-0.15, -0.1) is 0 Å². The molecule has 1 aromatic rings. The lowest BCUT2D eigenvalue weighted by atomic mass is 9.97. The van der Waals surface area contributed by atoms with Crippen molar-refractivity contribution in [1.29, 1.82) is 0 Å². The Kier molecular flexibility index (Phi) is 4.72. The topological polar surface area (TPSA) is 58.4 Å². The first-order valence-corrected chi connectivity index (χ1v) is 5.75. The molecule has 1 atom stereocenters. The van der Waals surface area contributed by atoms with Gasteiger partial charge >= 0.3 is 0 Å². The van der Waals surface area contributed by atoms with E-state index in [4.69, 9.17) is 0 Å². The van der Waals surface area contributed by atoms with Crippen molar-refractivity contribution in [2.45, 2.75) is 12.3 Å². The van der Waals surface area contributed by atoms with Crippen molar-refractivity contribution in [3.63, 3.8) is 0 Å². The van der Waals surface area contributed by atoms with Gasteiger partial charge in [0.05, 0.1) is 13.3 Å². The summed E-state index contributed by atoms with van der Waals surface area (Å²) in [5, 5.41) is 14.0. The molecule has 1 heterocycles. The second-order valence-electron chi connectivity index (χ2n) is 4.70. The summed E-state index contributed by atoms with van der Waals surface area (Å²) >= 11 is 0. The minimum Gasteiger partial charge on any atom is -0.384 e. The largest absolute Gasteiger partial charge is 0.384 e. The van der Waals surface area contributed by atoms with E-state index in [1.54, 1.807) is 12.1 Å². The second-order valence-corrected chi connectivity index (χ2v) is 4.70. The Bertz CT molecular complexity index is 437. The molecule has 5 nitrogen and oxygen atoms in total. The highest BCUT2D eigenvalue weighted by Gasteiger charge is 2.24. The number of non-ortho nitro benzene ring substituents is 1.